The predicted molar refractivity (Wildman–Crippen MR) is 133 cm³/mol. The van der Waals surface area contributed by atoms with Crippen LogP contribution in [0.15, 0.2) is 48.5 Å². The van der Waals surface area contributed by atoms with Gasteiger partial charge in [0.1, 0.15) is 11.2 Å². The number of carbonyl (C=O) groups is 2. The number of benzene rings is 2. The molecule has 0 saturated heterocycles. The van der Waals surface area contributed by atoms with Crippen molar-refractivity contribution in [3.63, 3.8) is 0 Å². The second kappa shape index (κ2) is 8.36. The van der Waals surface area contributed by atoms with Crippen molar-refractivity contribution in [2.24, 2.45) is 0 Å². The average Bonchev–Trinajstić information content (AvgIpc) is 2.97. The molecule has 1 aliphatic carbocycles. The van der Waals surface area contributed by atoms with Crippen molar-refractivity contribution >= 4 is 28.4 Å². The van der Waals surface area contributed by atoms with Gasteiger partial charge in [0.25, 0.3) is 5.91 Å². The molecule has 2 aliphatic rings. The Labute approximate surface area is 195 Å². The Morgan fingerprint density at radius 2 is 1.73 bits per heavy atom. The number of rotatable bonds is 3. The quantitative estimate of drug-likeness (QED) is 0.542. The highest BCUT2D eigenvalue weighted by atomic mass is 16.2. The smallest absolute Gasteiger partial charge is 0.275 e. The van der Waals surface area contributed by atoms with Crippen LogP contribution < -0.4 is 10.2 Å². The van der Waals surface area contributed by atoms with Crippen LogP contribution >= 0.6 is 0 Å². The van der Waals surface area contributed by atoms with E-state index in [9.17, 15) is 9.59 Å². The van der Waals surface area contributed by atoms with E-state index >= 15 is 0 Å². The van der Waals surface area contributed by atoms with Crippen molar-refractivity contribution in [3.8, 4) is 0 Å². The van der Waals surface area contributed by atoms with Crippen LogP contribution in [0.1, 0.15) is 67.1 Å². The molecule has 2 amide bonds. The molecule has 5 nitrogen and oxygen atoms in total. The lowest BCUT2D eigenvalue weighted by Gasteiger charge is -2.45. The fraction of sp³-hybridized carbons (Fsp3) is 0.429. The summed E-state index contributed by atoms with van der Waals surface area (Å²) >= 11 is 0. The predicted octanol–water partition coefficient (Wildman–Crippen LogP) is 5.52. The van der Waals surface area contributed by atoms with Crippen molar-refractivity contribution < 1.29 is 9.59 Å². The minimum atomic E-state index is -1.03. The van der Waals surface area contributed by atoms with Crippen molar-refractivity contribution in [2.75, 3.05) is 4.90 Å². The van der Waals surface area contributed by atoms with Gasteiger partial charge < -0.3 is 9.88 Å². The standard InChI is InChI=1S/C28H33N3O2/c1-19-11-10-16-23(20(19)2)31-26(32)25-17-21-12-8-9-15-24(21)30(25)18-28(31,3)27(33)29-22-13-6-4-5-7-14-22/h8-12,15-17,22H,4-7,13-14,18H2,1-3H3,(H,29,33)/t28-/m1/s1. The number of anilines is 1. The van der Waals surface area contributed by atoms with E-state index in [0.29, 0.717) is 12.2 Å². The first-order chi connectivity index (χ1) is 15.9. The third-order valence-corrected chi connectivity index (χ3v) is 7.69. The lowest BCUT2D eigenvalue weighted by atomic mass is 9.91. The molecule has 1 fully saturated rings. The molecule has 5 heteroatoms. The Balaban J connectivity index is 1.63. The molecule has 2 aromatic carbocycles. The van der Waals surface area contributed by atoms with Crippen LogP contribution in [0, 0.1) is 13.8 Å². The zero-order chi connectivity index (χ0) is 23.2. The van der Waals surface area contributed by atoms with Gasteiger partial charge >= 0.3 is 0 Å². The van der Waals surface area contributed by atoms with Gasteiger partial charge in [0.05, 0.1) is 6.54 Å². The van der Waals surface area contributed by atoms with Gasteiger partial charge in [-0.3, -0.25) is 14.5 Å². The van der Waals surface area contributed by atoms with Crippen molar-refractivity contribution in [1.82, 2.24) is 9.88 Å². The fourth-order valence-corrected chi connectivity index (χ4v) is 5.57. The second-order valence-corrected chi connectivity index (χ2v) is 9.97. The lowest BCUT2D eigenvalue weighted by Crippen LogP contribution is -2.65. The molecule has 1 N–H and O–H groups in total. The molecule has 5 rings (SSSR count). The van der Waals surface area contributed by atoms with Gasteiger partial charge in [-0.25, -0.2) is 0 Å². The van der Waals surface area contributed by atoms with Gasteiger partial charge in [-0.05, 0) is 62.9 Å². The van der Waals surface area contributed by atoms with Crippen LogP contribution in [0.4, 0.5) is 5.69 Å². The van der Waals surface area contributed by atoms with Gasteiger partial charge in [0, 0.05) is 22.6 Å². The molecule has 0 bridgehead atoms. The number of nitrogens with zero attached hydrogens (tertiary/aromatic N) is 2. The summed E-state index contributed by atoms with van der Waals surface area (Å²) in [7, 11) is 0. The molecule has 1 aliphatic heterocycles. The SMILES string of the molecule is Cc1cccc(N2C(=O)c3cc4ccccc4n3C[C@]2(C)C(=O)NC2CCCCCC2)c1C. The van der Waals surface area contributed by atoms with E-state index in [2.05, 4.69) is 5.32 Å². The van der Waals surface area contributed by atoms with Gasteiger partial charge in [0.15, 0.2) is 0 Å². The highest BCUT2D eigenvalue weighted by molar-refractivity contribution is 6.14. The third kappa shape index (κ3) is 3.64. The maximum Gasteiger partial charge on any atom is 0.275 e. The highest BCUT2D eigenvalue weighted by Gasteiger charge is 2.49. The van der Waals surface area contributed by atoms with E-state index in [-0.39, 0.29) is 17.9 Å². The molecule has 0 radical (unpaired) electrons. The van der Waals surface area contributed by atoms with Gasteiger partial charge in [-0.2, -0.15) is 0 Å². The van der Waals surface area contributed by atoms with Crippen LogP contribution in [-0.2, 0) is 11.3 Å². The molecule has 1 aromatic heterocycles. The first kappa shape index (κ1) is 21.7. The maximum atomic E-state index is 14.0. The number of aromatic nitrogens is 1. The van der Waals surface area contributed by atoms with Gasteiger partial charge in [0.2, 0.25) is 5.91 Å². The van der Waals surface area contributed by atoms with Crippen molar-refractivity contribution in [1.29, 1.82) is 0 Å². The summed E-state index contributed by atoms with van der Waals surface area (Å²) in [6.45, 7) is 6.43. The number of nitrogens with one attached hydrogen (secondary N) is 1. The number of para-hydroxylation sites is 1. The van der Waals surface area contributed by atoms with Crippen molar-refractivity contribution in [3.05, 3.63) is 65.4 Å². The third-order valence-electron chi connectivity index (χ3n) is 7.69. The molecule has 1 saturated carbocycles. The highest BCUT2D eigenvalue weighted by Crippen LogP contribution is 2.38. The summed E-state index contributed by atoms with van der Waals surface area (Å²) in [5.74, 6) is -0.184. The zero-order valence-electron chi connectivity index (χ0n) is 19.9. The molecule has 2 heterocycles. The Morgan fingerprint density at radius 3 is 2.48 bits per heavy atom. The van der Waals surface area contributed by atoms with Gasteiger partial charge in [-0.1, -0.05) is 56.0 Å². The first-order valence-electron chi connectivity index (χ1n) is 12.2. The van der Waals surface area contributed by atoms with E-state index in [1.165, 1.54) is 12.8 Å². The summed E-state index contributed by atoms with van der Waals surface area (Å²) in [6.07, 6.45) is 6.78. The lowest BCUT2D eigenvalue weighted by molar-refractivity contribution is -0.127. The molecule has 33 heavy (non-hydrogen) atoms. The van der Waals surface area contributed by atoms with Crippen LogP contribution in [0.5, 0.6) is 0 Å². The Morgan fingerprint density at radius 1 is 1.00 bits per heavy atom. The number of fused-ring (bicyclic) bond motifs is 3. The molecule has 0 unspecified atom stereocenters. The fourth-order valence-electron chi connectivity index (χ4n) is 5.57. The Bertz CT molecular complexity index is 1220. The largest absolute Gasteiger partial charge is 0.351 e. The number of carbonyl (C=O) groups excluding carboxylic acids is 2. The monoisotopic (exact) mass is 443 g/mol. The zero-order valence-corrected chi connectivity index (χ0v) is 19.9. The number of aryl methyl sites for hydroxylation is 1. The summed E-state index contributed by atoms with van der Waals surface area (Å²) in [5.41, 5.74) is 3.56. The molecular weight excluding hydrogens is 410 g/mol. The normalized spacial score (nSPS) is 21.7. The minimum absolute atomic E-state index is 0.0629. The molecular formula is C28H33N3O2. The Kier molecular flexibility index (Phi) is 5.51. The van der Waals surface area contributed by atoms with E-state index < -0.39 is 5.54 Å². The topological polar surface area (TPSA) is 54.3 Å². The molecule has 3 aromatic rings. The molecule has 172 valence electrons. The van der Waals surface area contributed by atoms with Crippen LogP contribution in [0.25, 0.3) is 10.9 Å². The summed E-state index contributed by atoms with van der Waals surface area (Å²) < 4.78 is 2.03. The first-order valence-corrected chi connectivity index (χ1v) is 12.2. The second-order valence-electron chi connectivity index (χ2n) is 9.97. The van der Waals surface area contributed by atoms with Crippen molar-refractivity contribution in [2.45, 2.75) is 77.4 Å². The molecule has 1 atom stereocenters. The molecule has 0 spiro atoms. The number of hydrogen-bond acceptors (Lipinski definition) is 2. The van der Waals surface area contributed by atoms with E-state index in [1.54, 1.807) is 4.90 Å². The van der Waals surface area contributed by atoms with Gasteiger partial charge in [-0.15, -0.1) is 0 Å². The summed E-state index contributed by atoms with van der Waals surface area (Å²) in [4.78, 5) is 29.8. The summed E-state index contributed by atoms with van der Waals surface area (Å²) in [5, 5.41) is 4.37. The van der Waals surface area contributed by atoms with E-state index in [1.807, 2.05) is 73.9 Å². The average molecular weight is 444 g/mol. The van der Waals surface area contributed by atoms with E-state index in [4.69, 9.17) is 0 Å². The van der Waals surface area contributed by atoms with Crippen LogP contribution in [-0.4, -0.2) is 28.0 Å². The maximum absolute atomic E-state index is 14.0. The van der Waals surface area contributed by atoms with E-state index in [0.717, 1.165) is 53.4 Å². The van der Waals surface area contributed by atoms with Crippen LogP contribution in [0.2, 0.25) is 0 Å². The number of hydrogen-bond donors (Lipinski definition) is 1. The van der Waals surface area contributed by atoms with Crippen LogP contribution in [0.3, 0.4) is 0 Å². The minimum Gasteiger partial charge on any atom is -0.351 e. The Hall–Kier alpha value is -3.08. The number of amides is 2. The summed E-state index contributed by atoms with van der Waals surface area (Å²) in [6, 6.07) is 16.2.